The van der Waals surface area contributed by atoms with Gasteiger partial charge in [-0.05, 0) is 30.7 Å². The van der Waals surface area contributed by atoms with Crippen LogP contribution in [0.15, 0.2) is 35.4 Å². The van der Waals surface area contributed by atoms with Crippen LogP contribution in [0.25, 0.3) is 5.65 Å². The number of nitrogens with two attached hydrogens (primary N) is 1. The summed E-state index contributed by atoms with van der Waals surface area (Å²) < 4.78 is 9.01. The number of anilines is 2. The molecule has 1 aliphatic carbocycles. The van der Waals surface area contributed by atoms with Crippen LogP contribution in [0.5, 0.6) is 0 Å². The quantitative estimate of drug-likeness (QED) is 0.356. The Morgan fingerprint density at radius 2 is 2.05 bits per heavy atom. The predicted molar refractivity (Wildman–Crippen MR) is 145 cm³/mol. The van der Waals surface area contributed by atoms with Gasteiger partial charge in [0, 0.05) is 49.4 Å². The van der Waals surface area contributed by atoms with E-state index in [2.05, 4.69) is 22.7 Å². The van der Waals surface area contributed by atoms with Crippen molar-refractivity contribution in [3.05, 3.63) is 52.1 Å². The second kappa shape index (κ2) is 11.8. The number of esters is 1. The van der Waals surface area contributed by atoms with E-state index in [4.69, 9.17) is 15.5 Å². The molecule has 4 N–H and O–H groups in total. The number of hydrogen-bond acceptors (Lipinski definition) is 8. The summed E-state index contributed by atoms with van der Waals surface area (Å²) in [7, 11) is 1.74. The van der Waals surface area contributed by atoms with Gasteiger partial charge in [-0.15, -0.1) is 0 Å². The first kappa shape index (κ1) is 26.7. The third-order valence-electron chi connectivity index (χ3n) is 7.22. The molecule has 0 unspecified atom stereocenters. The Morgan fingerprint density at radius 3 is 2.78 bits per heavy atom. The van der Waals surface area contributed by atoms with Crippen LogP contribution >= 0.6 is 0 Å². The molecule has 0 spiro atoms. The highest BCUT2D eigenvalue weighted by Gasteiger charge is 2.28. The van der Waals surface area contributed by atoms with E-state index in [1.54, 1.807) is 17.7 Å². The molecule has 200 valence electrons. The molecule has 1 saturated carbocycles. The zero-order chi connectivity index (χ0) is 26.5. The smallest absolute Gasteiger partial charge is 0.323 e. The van der Waals surface area contributed by atoms with E-state index in [1.807, 2.05) is 42.9 Å². The second-order valence-corrected chi connectivity index (χ2v) is 10.3. The van der Waals surface area contributed by atoms with Gasteiger partial charge in [-0.2, -0.15) is 9.61 Å². The van der Waals surface area contributed by atoms with E-state index in [9.17, 15) is 9.59 Å². The van der Waals surface area contributed by atoms with E-state index >= 15 is 0 Å². The van der Waals surface area contributed by atoms with E-state index in [1.165, 1.54) is 0 Å². The summed E-state index contributed by atoms with van der Waals surface area (Å²) in [6.07, 6.45) is 8.68. The zero-order valence-electron chi connectivity index (χ0n) is 22.2. The average Bonchev–Trinajstić information content (AvgIpc) is 3.31. The van der Waals surface area contributed by atoms with Crippen molar-refractivity contribution in [3.8, 4) is 0 Å². The van der Waals surface area contributed by atoms with Crippen molar-refractivity contribution in [1.29, 1.82) is 0 Å². The lowest BCUT2D eigenvalue weighted by Crippen LogP contribution is -2.40. The van der Waals surface area contributed by atoms with Crippen molar-refractivity contribution in [2.24, 2.45) is 24.6 Å². The van der Waals surface area contributed by atoms with Crippen molar-refractivity contribution in [3.63, 3.8) is 0 Å². The summed E-state index contributed by atoms with van der Waals surface area (Å²) in [6, 6.07) is 4.89. The SMILES string of the molecule is CCc1cnn2c(NCc3ccc(=O)n(C)c3)cc(N[C@H]3CCCC[C@H]3COC(=O)[C@@H](N)C(C)C)nc12. The summed E-state index contributed by atoms with van der Waals surface area (Å²) in [4.78, 5) is 29.0. The Morgan fingerprint density at radius 1 is 1.27 bits per heavy atom. The molecular weight excluding hydrogens is 470 g/mol. The molecule has 0 radical (unpaired) electrons. The molecule has 37 heavy (non-hydrogen) atoms. The minimum Gasteiger partial charge on any atom is -0.464 e. The van der Waals surface area contributed by atoms with Gasteiger partial charge in [-0.1, -0.05) is 39.7 Å². The van der Waals surface area contributed by atoms with Gasteiger partial charge in [-0.3, -0.25) is 9.59 Å². The number of aromatic nitrogens is 4. The second-order valence-electron chi connectivity index (χ2n) is 10.3. The predicted octanol–water partition coefficient (Wildman–Crippen LogP) is 3.10. The molecule has 3 heterocycles. The molecule has 0 aliphatic heterocycles. The first-order chi connectivity index (χ1) is 17.8. The number of carbonyl (C=O) groups is 1. The fourth-order valence-corrected chi connectivity index (χ4v) is 4.75. The van der Waals surface area contributed by atoms with Gasteiger partial charge in [0.15, 0.2) is 5.65 Å². The molecule has 4 rings (SSSR count). The maximum atomic E-state index is 12.3. The Balaban J connectivity index is 1.53. The first-order valence-corrected chi connectivity index (χ1v) is 13.2. The van der Waals surface area contributed by atoms with Gasteiger partial charge in [0.2, 0.25) is 5.56 Å². The topological polar surface area (TPSA) is 129 Å². The molecule has 3 aromatic heterocycles. The minimum atomic E-state index is -0.603. The monoisotopic (exact) mass is 509 g/mol. The lowest BCUT2D eigenvalue weighted by atomic mass is 9.85. The van der Waals surface area contributed by atoms with Crippen molar-refractivity contribution >= 4 is 23.3 Å². The third-order valence-corrected chi connectivity index (χ3v) is 7.22. The molecule has 0 aromatic carbocycles. The standard InChI is InChI=1S/C27H39N7O3/c1-5-19-14-30-34-23(29-13-18-10-11-24(35)33(4)15-18)12-22(32-26(19)34)31-21-9-7-6-8-20(21)16-37-27(36)25(28)17(2)3/h10-12,14-15,17,20-21,25,29H,5-9,13,16,28H2,1-4H3,(H,31,32)/t20-,21-,25-/m0/s1. The summed E-state index contributed by atoms with van der Waals surface area (Å²) in [5.41, 5.74) is 8.78. The highest BCUT2D eigenvalue weighted by Crippen LogP contribution is 2.29. The van der Waals surface area contributed by atoms with Gasteiger partial charge in [0.05, 0.1) is 12.8 Å². The Labute approximate surface area is 217 Å². The van der Waals surface area contributed by atoms with E-state index in [0.717, 1.165) is 60.5 Å². The molecular formula is C27H39N7O3. The highest BCUT2D eigenvalue weighted by molar-refractivity contribution is 5.75. The van der Waals surface area contributed by atoms with E-state index in [0.29, 0.717) is 13.2 Å². The van der Waals surface area contributed by atoms with Gasteiger partial charge >= 0.3 is 5.97 Å². The number of aryl methyl sites for hydroxylation is 2. The van der Waals surface area contributed by atoms with Crippen LogP contribution < -0.4 is 21.9 Å². The molecule has 10 heteroatoms. The molecule has 0 saturated heterocycles. The summed E-state index contributed by atoms with van der Waals surface area (Å²) in [6.45, 7) is 6.81. The largest absolute Gasteiger partial charge is 0.464 e. The number of pyridine rings is 1. The number of fused-ring (bicyclic) bond motifs is 1. The molecule has 1 aliphatic rings. The molecule has 0 bridgehead atoms. The zero-order valence-corrected chi connectivity index (χ0v) is 22.2. The van der Waals surface area contributed by atoms with Crippen LogP contribution in [-0.2, 0) is 29.5 Å². The number of rotatable bonds is 10. The van der Waals surface area contributed by atoms with Crippen LogP contribution in [0, 0.1) is 11.8 Å². The summed E-state index contributed by atoms with van der Waals surface area (Å²) >= 11 is 0. The number of carbonyl (C=O) groups excluding carboxylic acids is 1. The van der Waals surface area contributed by atoms with Gasteiger partial charge < -0.3 is 25.7 Å². The molecule has 0 amide bonds. The van der Waals surface area contributed by atoms with Crippen molar-refractivity contribution in [2.45, 2.75) is 71.5 Å². The van der Waals surface area contributed by atoms with Crippen molar-refractivity contribution in [2.75, 3.05) is 17.2 Å². The fraction of sp³-hybridized carbons (Fsp3) is 0.556. The van der Waals surface area contributed by atoms with Crippen LogP contribution in [0.1, 0.15) is 57.6 Å². The van der Waals surface area contributed by atoms with Crippen LogP contribution in [-0.4, -0.2) is 43.8 Å². The van der Waals surface area contributed by atoms with Crippen LogP contribution in [0.4, 0.5) is 11.6 Å². The number of hydrogen-bond donors (Lipinski definition) is 3. The normalized spacial score (nSPS) is 18.6. The molecule has 10 nitrogen and oxygen atoms in total. The number of nitrogens with one attached hydrogen (secondary N) is 2. The molecule has 1 fully saturated rings. The average molecular weight is 510 g/mol. The Bertz CT molecular complexity index is 1280. The van der Waals surface area contributed by atoms with Gasteiger partial charge in [0.25, 0.3) is 0 Å². The van der Waals surface area contributed by atoms with Crippen LogP contribution in [0.2, 0.25) is 0 Å². The highest BCUT2D eigenvalue weighted by atomic mass is 16.5. The maximum absolute atomic E-state index is 12.3. The summed E-state index contributed by atoms with van der Waals surface area (Å²) in [5, 5.41) is 11.7. The Kier molecular flexibility index (Phi) is 8.48. The maximum Gasteiger partial charge on any atom is 0.323 e. The first-order valence-electron chi connectivity index (χ1n) is 13.2. The number of ether oxygens (including phenoxy) is 1. The Hall–Kier alpha value is -3.40. The third kappa shape index (κ3) is 6.30. The van der Waals surface area contributed by atoms with Crippen LogP contribution in [0.3, 0.4) is 0 Å². The summed E-state index contributed by atoms with van der Waals surface area (Å²) in [5.74, 6) is 1.46. The van der Waals surface area contributed by atoms with E-state index < -0.39 is 6.04 Å². The number of nitrogens with zero attached hydrogens (tertiary/aromatic N) is 4. The van der Waals surface area contributed by atoms with Crippen molar-refractivity contribution < 1.29 is 9.53 Å². The molecule has 3 aromatic rings. The lowest BCUT2D eigenvalue weighted by molar-refractivity contribution is -0.148. The van der Waals surface area contributed by atoms with E-state index in [-0.39, 0.29) is 29.4 Å². The van der Waals surface area contributed by atoms with Crippen molar-refractivity contribution in [1.82, 2.24) is 19.2 Å². The van der Waals surface area contributed by atoms with Gasteiger partial charge in [0.1, 0.15) is 17.7 Å². The molecule has 3 atom stereocenters. The van der Waals surface area contributed by atoms with Gasteiger partial charge in [-0.25, -0.2) is 4.98 Å². The lowest BCUT2D eigenvalue weighted by Gasteiger charge is -2.32. The fourth-order valence-electron chi connectivity index (χ4n) is 4.75. The minimum absolute atomic E-state index is 0.0406.